The SMILES string of the molecule is C=CCNC(=O)OC.CNc1ccccc1CCC(C)NCCC(C)C.Sc1ccc2ncsc2c1.c1ccc(Cc2ccccc2)cc1. The maximum atomic E-state index is 10.2. The van der Waals surface area contributed by atoms with Gasteiger partial charge in [-0.25, -0.2) is 9.78 Å². The number of para-hydroxylation sites is 1. The fraction of sp³-hybridized carbons (Fsp3) is 0.317. The second-order valence-electron chi connectivity index (χ2n) is 11.8. The zero-order valence-corrected chi connectivity index (χ0v) is 31.4. The molecule has 1 aromatic heterocycles. The highest BCUT2D eigenvalue weighted by Crippen LogP contribution is 2.20. The van der Waals surface area contributed by atoms with Gasteiger partial charge in [0.05, 0.1) is 22.8 Å². The Hall–Kier alpha value is -4.11. The molecule has 49 heavy (non-hydrogen) atoms. The molecule has 3 N–H and O–H groups in total. The number of thiol groups is 1. The number of methoxy groups -OCH3 is 1. The second kappa shape index (κ2) is 24.9. The van der Waals surface area contributed by atoms with E-state index in [1.807, 2.05) is 30.8 Å². The average molecular weight is 699 g/mol. The minimum absolute atomic E-state index is 0.426. The fourth-order valence-corrected chi connectivity index (χ4v) is 5.58. The third kappa shape index (κ3) is 18.3. The molecule has 5 aromatic rings. The summed E-state index contributed by atoms with van der Waals surface area (Å²) >= 11 is 5.86. The molecule has 0 aliphatic heterocycles. The Labute approximate surface area is 303 Å². The van der Waals surface area contributed by atoms with Gasteiger partial charge in [0.25, 0.3) is 0 Å². The predicted octanol–water partition coefficient (Wildman–Crippen LogP) is 10.1. The predicted molar refractivity (Wildman–Crippen MR) is 214 cm³/mol. The van der Waals surface area contributed by atoms with Crippen LogP contribution in [0, 0.1) is 5.92 Å². The molecular formula is C41H54N4O2S2. The van der Waals surface area contributed by atoms with Gasteiger partial charge in [0.1, 0.15) is 0 Å². The van der Waals surface area contributed by atoms with Crippen molar-refractivity contribution in [2.45, 2.75) is 57.4 Å². The van der Waals surface area contributed by atoms with Crippen LogP contribution >= 0.6 is 24.0 Å². The Balaban J connectivity index is 0.000000237. The van der Waals surface area contributed by atoms with Gasteiger partial charge in [0, 0.05) is 30.2 Å². The lowest BCUT2D eigenvalue weighted by Crippen LogP contribution is -2.28. The topological polar surface area (TPSA) is 75.3 Å². The number of carbonyl (C=O) groups excluding carboxylic acids is 1. The van der Waals surface area contributed by atoms with E-state index in [1.165, 1.54) is 47.0 Å². The zero-order valence-electron chi connectivity index (χ0n) is 29.7. The molecule has 1 heterocycles. The van der Waals surface area contributed by atoms with Crippen LogP contribution in [0.1, 0.15) is 50.3 Å². The summed E-state index contributed by atoms with van der Waals surface area (Å²) in [5.74, 6) is 0.787. The van der Waals surface area contributed by atoms with Gasteiger partial charge in [-0.15, -0.1) is 30.5 Å². The highest BCUT2D eigenvalue weighted by atomic mass is 32.1. The number of nitrogens with zero attached hydrogens (tertiary/aromatic N) is 1. The third-order valence-corrected chi connectivity index (χ3v) is 8.40. The van der Waals surface area contributed by atoms with Crippen LogP contribution in [0.3, 0.4) is 0 Å². The van der Waals surface area contributed by atoms with Crippen molar-refractivity contribution in [3.8, 4) is 0 Å². The molecule has 0 aliphatic carbocycles. The molecule has 0 radical (unpaired) electrons. The number of benzene rings is 4. The van der Waals surface area contributed by atoms with Crippen LogP contribution < -0.4 is 16.0 Å². The molecule has 5 rings (SSSR count). The summed E-state index contributed by atoms with van der Waals surface area (Å²) in [5, 5.41) is 9.26. The van der Waals surface area contributed by atoms with Gasteiger partial charge in [-0.3, -0.25) is 0 Å². The molecule has 0 spiro atoms. The Kier molecular flexibility index (Phi) is 20.9. The Morgan fingerprint density at radius 1 is 0.918 bits per heavy atom. The Morgan fingerprint density at radius 2 is 1.55 bits per heavy atom. The van der Waals surface area contributed by atoms with Gasteiger partial charge in [-0.05, 0) is 86.0 Å². The lowest BCUT2D eigenvalue weighted by molar-refractivity contribution is 0.172. The third-order valence-electron chi connectivity index (χ3n) is 7.33. The van der Waals surface area contributed by atoms with Gasteiger partial charge in [0.15, 0.2) is 0 Å². The van der Waals surface area contributed by atoms with Crippen LogP contribution in [0.4, 0.5) is 10.5 Å². The van der Waals surface area contributed by atoms with Gasteiger partial charge >= 0.3 is 6.09 Å². The van der Waals surface area contributed by atoms with Crippen molar-refractivity contribution >= 4 is 46.0 Å². The number of carbonyl (C=O) groups is 1. The van der Waals surface area contributed by atoms with E-state index in [0.717, 1.165) is 35.7 Å². The Morgan fingerprint density at radius 3 is 2.14 bits per heavy atom. The molecule has 0 saturated heterocycles. The first-order chi connectivity index (χ1) is 23.7. The van der Waals surface area contributed by atoms with E-state index in [9.17, 15) is 4.79 Å². The summed E-state index contributed by atoms with van der Waals surface area (Å²) in [6.45, 7) is 11.8. The maximum Gasteiger partial charge on any atom is 0.407 e. The monoisotopic (exact) mass is 698 g/mol. The number of hydrogen-bond donors (Lipinski definition) is 4. The van der Waals surface area contributed by atoms with Gasteiger partial charge in [-0.2, -0.15) is 0 Å². The van der Waals surface area contributed by atoms with Crippen LogP contribution in [0.15, 0.2) is 126 Å². The summed E-state index contributed by atoms with van der Waals surface area (Å²) < 4.78 is 5.46. The lowest BCUT2D eigenvalue weighted by atomic mass is 10.0. The number of aromatic nitrogens is 1. The van der Waals surface area contributed by atoms with Crippen molar-refractivity contribution in [1.82, 2.24) is 15.6 Å². The maximum absolute atomic E-state index is 10.2. The number of nitrogens with one attached hydrogen (secondary N) is 3. The molecule has 1 unspecified atom stereocenters. The molecule has 0 fully saturated rings. The fourth-order valence-electron chi connectivity index (χ4n) is 4.57. The van der Waals surface area contributed by atoms with Crippen LogP contribution in [0.5, 0.6) is 0 Å². The summed E-state index contributed by atoms with van der Waals surface area (Å²) in [5.41, 5.74) is 8.31. The van der Waals surface area contributed by atoms with Gasteiger partial charge < -0.3 is 20.7 Å². The van der Waals surface area contributed by atoms with E-state index in [2.05, 4.69) is 151 Å². The van der Waals surface area contributed by atoms with E-state index in [4.69, 9.17) is 0 Å². The molecule has 8 heteroatoms. The van der Waals surface area contributed by atoms with Crippen molar-refractivity contribution in [2.75, 3.05) is 32.6 Å². The molecule has 0 saturated carbocycles. The number of hydrogen-bond acceptors (Lipinski definition) is 7. The number of ether oxygens (including phenoxy) is 1. The quantitative estimate of drug-likeness (QED) is 0.0771. The second-order valence-corrected chi connectivity index (χ2v) is 13.2. The van der Waals surface area contributed by atoms with E-state index in [1.54, 1.807) is 17.4 Å². The normalized spacial score (nSPS) is 10.7. The highest BCUT2D eigenvalue weighted by molar-refractivity contribution is 7.80. The summed E-state index contributed by atoms with van der Waals surface area (Å²) in [6, 6.07) is 36.2. The summed E-state index contributed by atoms with van der Waals surface area (Å²) in [4.78, 5) is 15.3. The van der Waals surface area contributed by atoms with E-state index < -0.39 is 6.09 Å². The minimum Gasteiger partial charge on any atom is -0.453 e. The minimum atomic E-state index is -0.426. The average Bonchev–Trinajstić information content (AvgIpc) is 3.59. The van der Waals surface area contributed by atoms with Crippen molar-refractivity contribution in [3.63, 3.8) is 0 Å². The van der Waals surface area contributed by atoms with Gasteiger partial charge in [0.2, 0.25) is 0 Å². The number of anilines is 1. The van der Waals surface area contributed by atoms with Gasteiger partial charge in [-0.1, -0.05) is 98.8 Å². The van der Waals surface area contributed by atoms with Crippen molar-refractivity contribution in [3.05, 3.63) is 138 Å². The number of alkyl carbamates (subject to hydrolysis) is 1. The van der Waals surface area contributed by atoms with Crippen LogP contribution in [-0.4, -0.2) is 44.4 Å². The first-order valence-electron chi connectivity index (χ1n) is 16.8. The Bertz CT molecular complexity index is 1560. The summed E-state index contributed by atoms with van der Waals surface area (Å²) in [7, 11) is 3.31. The number of thiazole rings is 1. The van der Waals surface area contributed by atoms with E-state index >= 15 is 0 Å². The molecule has 4 aromatic carbocycles. The number of amides is 1. The standard InChI is InChI=1S/C16H28N2.C13H12.C7H5NS2.C5H9NO2/c1-13(2)11-12-18-14(3)9-10-15-7-5-6-8-16(15)17-4;1-3-7-12(8-4-1)11-13-9-5-2-6-10-13;9-5-1-2-6-7(3-5)10-4-8-6;1-3-4-6-5(7)8-2/h5-8,13-14,17-18H,9-12H2,1-4H3;1-10H,11H2;1-4,9H;3H,1,4H2,2H3,(H,6,7). The smallest absolute Gasteiger partial charge is 0.407 e. The highest BCUT2D eigenvalue weighted by Gasteiger charge is 2.05. The lowest BCUT2D eigenvalue weighted by Gasteiger charge is -2.16. The molecule has 1 amide bonds. The molecule has 6 nitrogen and oxygen atoms in total. The van der Waals surface area contributed by atoms with Crippen LogP contribution in [0.25, 0.3) is 10.2 Å². The molecule has 262 valence electrons. The van der Waals surface area contributed by atoms with Crippen molar-refractivity contribution in [2.24, 2.45) is 5.92 Å². The molecule has 0 bridgehead atoms. The summed E-state index contributed by atoms with van der Waals surface area (Å²) in [6.07, 6.45) is 5.77. The van der Waals surface area contributed by atoms with E-state index in [0.29, 0.717) is 12.6 Å². The van der Waals surface area contributed by atoms with Crippen LogP contribution in [-0.2, 0) is 17.6 Å². The van der Waals surface area contributed by atoms with Crippen molar-refractivity contribution in [1.29, 1.82) is 0 Å². The van der Waals surface area contributed by atoms with E-state index in [-0.39, 0.29) is 0 Å². The number of rotatable bonds is 12. The molecule has 1 atom stereocenters. The molecule has 0 aliphatic rings. The molecular weight excluding hydrogens is 645 g/mol. The van der Waals surface area contributed by atoms with Crippen molar-refractivity contribution < 1.29 is 9.53 Å². The number of aryl methyl sites for hydroxylation is 1. The largest absolute Gasteiger partial charge is 0.453 e. The first-order valence-corrected chi connectivity index (χ1v) is 18.1. The zero-order chi connectivity index (χ0) is 35.7. The first kappa shape index (κ1) is 41.1. The number of fused-ring (bicyclic) bond motifs is 1. The van der Waals surface area contributed by atoms with Crippen LogP contribution in [0.2, 0.25) is 0 Å².